The van der Waals surface area contributed by atoms with E-state index in [4.69, 9.17) is 13.9 Å². The quantitative estimate of drug-likeness (QED) is 0.378. The SMILES string of the molecule is COc1ncc(-c2cc(-c3nnc(CN4CC(C)OC(C)C4)o3)c3cn[nH]c3c2)cc1NS(C)(=O)=O. The van der Waals surface area contributed by atoms with Crippen LogP contribution >= 0.6 is 0 Å². The Kier molecular flexibility index (Phi) is 6.36. The lowest BCUT2D eigenvalue weighted by molar-refractivity contribution is -0.0721. The Hall–Kier alpha value is -3.55. The number of morpholine rings is 1. The maximum absolute atomic E-state index is 11.8. The molecule has 2 unspecified atom stereocenters. The topological polar surface area (TPSA) is 148 Å². The summed E-state index contributed by atoms with van der Waals surface area (Å²) in [5, 5.41) is 16.5. The highest BCUT2D eigenvalue weighted by Crippen LogP contribution is 2.35. The van der Waals surface area contributed by atoms with E-state index in [9.17, 15) is 8.42 Å². The Labute approximate surface area is 208 Å². The molecular formula is C23H27N7O5S. The molecule has 2 N–H and O–H groups in total. The second-order valence-electron chi connectivity index (χ2n) is 8.96. The van der Waals surface area contributed by atoms with Gasteiger partial charge in [0.05, 0.1) is 49.4 Å². The first kappa shape index (κ1) is 24.2. The third kappa shape index (κ3) is 5.17. The predicted molar refractivity (Wildman–Crippen MR) is 133 cm³/mol. The van der Waals surface area contributed by atoms with Crippen molar-refractivity contribution in [2.75, 3.05) is 31.2 Å². The molecule has 0 saturated carbocycles. The van der Waals surface area contributed by atoms with Crippen LogP contribution in [0.15, 0.2) is 35.0 Å². The number of nitrogens with one attached hydrogen (secondary N) is 2. The highest BCUT2D eigenvalue weighted by molar-refractivity contribution is 7.92. The van der Waals surface area contributed by atoms with Crippen molar-refractivity contribution in [2.45, 2.75) is 32.6 Å². The Bertz CT molecular complexity index is 1490. The van der Waals surface area contributed by atoms with Gasteiger partial charge in [0.1, 0.15) is 5.69 Å². The van der Waals surface area contributed by atoms with Crippen LogP contribution in [0.2, 0.25) is 0 Å². The van der Waals surface area contributed by atoms with E-state index in [2.05, 4.69) is 35.0 Å². The lowest BCUT2D eigenvalue weighted by atomic mass is 10.0. The van der Waals surface area contributed by atoms with Crippen LogP contribution in [0.25, 0.3) is 33.5 Å². The average molecular weight is 514 g/mol. The van der Waals surface area contributed by atoms with Crippen LogP contribution in [0.3, 0.4) is 0 Å². The van der Waals surface area contributed by atoms with Crippen molar-refractivity contribution in [3.05, 3.63) is 36.5 Å². The zero-order valence-corrected chi connectivity index (χ0v) is 21.2. The second-order valence-corrected chi connectivity index (χ2v) is 10.7. The zero-order valence-electron chi connectivity index (χ0n) is 20.3. The molecule has 1 fully saturated rings. The molecule has 190 valence electrons. The maximum Gasteiger partial charge on any atom is 0.248 e. The van der Waals surface area contributed by atoms with E-state index in [0.29, 0.717) is 29.5 Å². The van der Waals surface area contributed by atoms with Crippen molar-refractivity contribution in [2.24, 2.45) is 0 Å². The summed E-state index contributed by atoms with van der Waals surface area (Å²) < 4.78 is 43.2. The molecular weight excluding hydrogens is 486 g/mol. The standard InChI is InChI=1S/C23H27N7O5S/c1-13-10-30(11-14(2)34-13)12-21-27-28-22(35-21)17-5-15(6-19-18(17)9-25-26-19)16-7-20(29-36(4,31)32)23(33-3)24-8-16/h5-9,13-14,29H,10-12H2,1-4H3,(H,25,26). The number of sulfonamides is 1. The first-order chi connectivity index (χ1) is 17.2. The summed E-state index contributed by atoms with van der Waals surface area (Å²) in [6.07, 6.45) is 4.65. The van der Waals surface area contributed by atoms with Crippen LogP contribution in [0, 0.1) is 0 Å². The van der Waals surface area contributed by atoms with Crippen LogP contribution < -0.4 is 9.46 Å². The summed E-state index contributed by atoms with van der Waals surface area (Å²) in [6.45, 7) is 6.21. The normalized spacial score (nSPS) is 19.0. The van der Waals surface area contributed by atoms with Crippen molar-refractivity contribution in [1.29, 1.82) is 0 Å². The van der Waals surface area contributed by atoms with Crippen LogP contribution in [0.5, 0.6) is 5.88 Å². The molecule has 0 aliphatic carbocycles. The van der Waals surface area contributed by atoms with Gasteiger partial charge in [-0.15, -0.1) is 10.2 Å². The number of hydrogen-bond donors (Lipinski definition) is 2. The van der Waals surface area contributed by atoms with Gasteiger partial charge >= 0.3 is 0 Å². The molecule has 2 atom stereocenters. The number of methoxy groups -OCH3 is 1. The van der Waals surface area contributed by atoms with Gasteiger partial charge in [-0.2, -0.15) is 5.10 Å². The Morgan fingerprint density at radius 2 is 1.92 bits per heavy atom. The average Bonchev–Trinajstić information content (AvgIpc) is 3.46. The van der Waals surface area contributed by atoms with Gasteiger partial charge in [0.25, 0.3) is 0 Å². The van der Waals surface area contributed by atoms with E-state index in [0.717, 1.165) is 35.8 Å². The van der Waals surface area contributed by atoms with Gasteiger partial charge in [-0.3, -0.25) is 14.7 Å². The van der Waals surface area contributed by atoms with Crippen molar-refractivity contribution >= 4 is 26.6 Å². The summed E-state index contributed by atoms with van der Waals surface area (Å²) in [5.41, 5.74) is 3.11. The summed E-state index contributed by atoms with van der Waals surface area (Å²) >= 11 is 0. The molecule has 5 rings (SSSR count). The van der Waals surface area contributed by atoms with E-state index >= 15 is 0 Å². The number of ether oxygens (including phenoxy) is 2. The molecule has 1 saturated heterocycles. The molecule has 4 heterocycles. The lowest BCUT2D eigenvalue weighted by Crippen LogP contribution is -2.44. The van der Waals surface area contributed by atoms with E-state index < -0.39 is 10.0 Å². The Morgan fingerprint density at radius 1 is 1.14 bits per heavy atom. The number of pyridine rings is 1. The molecule has 12 nitrogen and oxygen atoms in total. The predicted octanol–water partition coefficient (Wildman–Crippen LogP) is 2.66. The maximum atomic E-state index is 11.8. The van der Waals surface area contributed by atoms with E-state index in [1.807, 2.05) is 26.0 Å². The zero-order chi connectivity index (χ0) is 25.4. The number of fused-ring (bicyclic) bond motifs is 1. The third-order valence-corrected chi connectivity index (χ3v) is 6.37. The van der Waals surface area contributed by atoms with E-state index in [1.54, 1.807) is 18.5 Å². The third-order valence-electron chi connectivity index (χ3n) is 5.78. The Morgan fingerprint density at radius 3 is 2.64 bits per heavy atom. The summed E-state index contributed by atoms with van der Waals surface area (Å²) in [6, 6.07) is 5.45. The highest BCUT2D eigenvalue weighted by Gasteiger charge is 2.24. The summed E-state index contributed by atoms with van der Waals surface area (Å²) in [5.74, 6) is 1.04. The first-order valence-electron chi connectivity index (χ1n) is 11.4. The monoisotopic (exact) mass is 513 g/mol. The summed E-state index contributed by atoms with van der Waals surface area (Å²) in [4.78, 5) is 6.50. The largest absolute Gasteiger partial charge is 0.480 e. The smallest absolute Gasteiger partial charge is 0.248 e. The number of rotatable bonds is 7. The molecule has 3 aromatic heterocycles. The molecule has 4 aromatic rings. The van der Waals surface area contributed by atoms with Gasteiger partial charge < -0.3 is 13.9 Å². The van der Waals surface area contributed by atoms with Gasteiger partial charge in [-0.05, 0) is 37.6 Å². The number of nitrogens with zero attached hydrogens (tertiary/aromatic N) is 5. The van der Waals surface area contributed by atoms with Gasteiger partial charge in [0.15, 0.2) is 0 Å². The number of benzene rings is 1. The molecule has 0 amide bonds. The lowest BCUT2D eigenvalue weighted by Gasteiger charge is -2.34. The fourth-order valence-corrected chi connectivity index (χ4v) is 5.02. The minimum Gasteiger partial charge on any atom is -0.480 e. The number of aromatic nitrogens is 5. The fourth-order valence-electron chi connectivity index (χ4n) is 4.47. The van der Waals surface area contributed by atoms with Gasteiger partial charge in [-0.25, -0.2) is 13.4 Å². The van der Waals surface area contributed by atoms with Gasteiger partial charge in [0, 0.05) is 30.2 Å². The van der Waals surface area contributed by atoms with Crippen LogP contribution in [0.1, 0.15) is 19.7 Å². The molecule has 1 aliphatic heterocycles. The van der Waals surface area contributed by atoms with E-state index in [-0.39, 0.29) is 23.8 Å². The van der Waals surface area contributed by atoms with Gasteiger partial charge in [-0.1, -0.05) is 0 Å². The van der Waals surface area contributed by atoms with Gasteiger partial charge in [0.2, 0.25) is 27.7 Å². The molecule has 0 bridgehead atoms. The van der Waals surface area contributed by atoms with Crippen LogP contribution in [-0.4, -0.2) is 77.4 Å². The van der Waals surface area contributed by atoms with E-state index in [1.165, 1.54) is 7.11 Å². The first-order valence-corrected chi connectivity index (χ1v) is 13.3. The van der Waals surface area contributed by atoms with Crippen molar-refractivity contribution in [3.63, 3.8) is 0 Å². The van der Waals surface area contributed by atoms with Crippen LogP contribution in [-0.2, 0) is 21.3 Å². The molecule has 1 aromatic carbocycles. The highest BCUT2D eigenvalue weighted by atomic mass is 32.2. The van der Waals surface area contributed by atoms with Crippen molar-refractivity contribution in [3.8, 4) is 28.5 Å². The molecule has 36 heavy (non-hydrogen) atoms. The number of aromatic amines is 1. The Balaban J connectivity index is 1.50. The minimum absolute atomic E-state index is 0.138. The number of hydrogen-bond acceptors (Lipinski definition) is 10. The second kappa shape index (κ2) is 9.48. The summed E-state index contributed by atoms with van der Waals surface area (Å²) in [7, 11) is -2.11. The van der Waals surface area contributed by atoms with Crippen molar-refractivity contribution in [1.82, 2.24) is 30.3 Å². The van der Waals surface area contributed by atoms with Crippen molar-refractivity contribution < 1.29 is 22.3 Å². The molecule has 1 aliphatic rings. The number of anilines is 1. The molecule has 13 heteroatoms. The number of H-pyrrole nitrogens is 1. The minimum atomic E-state index is -3.53. The molecule has 0 radical (unpaired) electrons. The molecule has 0 spiro atoms. The van der Waals surface area contributed by atoms with Crippen LogP contribution in [0.4, 0.5) is 5.69 Å². The fraction of sp³-hybridized carbons (Fsp3) is 0.391.